The largest absolute Gasteiger partial charge is 0.497 e. The number of carbonyl (C=O) groups is 2. The van der Waals surface area contributed by atoms with Crippen molar-refractivity contribution in [3.05, 3.63) is 59.9 Å². The highest BCUT2D eigenvalue weighted by atomic mass is 16.6. The predicted octanol–water partition coefficient (Wildman–Crippen LogP) is 4.51. The molecule has 196 valence electrons. The van der Waals surface area contributed by atoms with Gasteiger partial charge in [-0.25, -0.2) is 14.6 Å². The van der Waals surface area contributed by atoms with Crippen molar-refractivity contribution in [2.24, 2.45) is 5.92 Å². The Morgan fingerprint density at radius 1 is 1.14 bits per heavy atom. The Hall–Kier alpha value is -3.75. The second-order valence-electron chi connectivity index (χ2n) is 10.9. The lowest BCUT2D eigenvalue weighted by Crippen LogP contribution is -2.47. The highest BCUT2D eigenvalue weighted by Crippen LogP contribution is 2.33. The molecular weight excluding hydrogens is 470 g/mol. The zero-order valence-electron chi connectivity index (χ0n) is 21.9. The summed E-state index contributed by atoms with van der Waals surface area (Å²) in [6.07, 6.45) is 1.12. The fourth-order valence-electron chi connectivity index (χ4n) is 5.27. The van der Waals surface area contributed by atoms with E-state index in [2.05, 4.69) is 10.3 Å². The van der Waals surface area contributed by atoms with Crippen LogP contribution in [0, 0.1) is 5.92 Å². The Kier molecular flexibility index (Phi) is 6.70. The third-order valence-electron chi connectivity index (χ3n) is 7.09. The van der Waals surface area contributed by atoms with Gasteiger partial charge in [0.25, 0.3) is 0 Å². The average molecular weight is 506 g/mol. The first-order chi connectivity index (χ1) is 17.7. The van der Waals surface area contributed by atoms with Crippen molar-refractivity contribution in [3.63, 3.8) is 0 Å². The number of nitrogens with zero attached hydrogens (tertiary/aromatic N) is 3. The first-order valence-electron chi connectivity index (χ1n) is 12.8. The van der Waals surface area contributed by atoms with Crippen molar-refractivity contribution in [1.82, 2.24) is 25.1 Å². The van der Waals surface area contributed by atoms with Crippen LogP contribution in [0.1, 0.15) is 44.6 Å². The molecule has 9 nitrogen and oxygen atoms in total. The number of carbonyl (C=O) groups excluding carboxylic acids is 2. The lowest BCUT2D eigenvalue weighted by molar-refractivity contribution is 0.0275. The summed E-state index contributed by atoms with van der Waals surface area (Å²) in [4.78, 5) is 38.0. The van der Waals surface area contributed by atoms with Crippen molar-refractivity contribution in [2.75, 3.05) is 26.7 Å². The van der Waals surface area contributed by atoms with E-state index in [1.165, 1.54) is 0 Å². The van der Waals surface area contributed by atoms with Crippen molar-refractivity contribution >= 4 is 23.2 Å². The maximum Gasteiger partial charge on any atom is 0.410 e. The fraction of sp³-hybridized carbons (Fsp3) is 0.464. The topological polar surface area (TPSA) is 99.8 Å². The number of hydrogen-bond acceptors (Lipinski definition) is 5. The summed E-state index contributed by atoms with van der Waals surface area (Å²) in [5.41, 5.74) is 2.29. The summed E-state index contributed by atoms with van der Waals surface area (Å²) in [6.45, 7) is 7.36. The summed E-state index contributed by atoms with van der Waals surface area (Å²) in [5.74, 6) is 1.75. The second-order valence-corrected chi connectivity index (χ2v) is 10.9. The number of para-hydroxylation sites is 2. The quantitative estimate of drug-likeness (QED) is 0.532. The number of benzene rings is 2. The van der Waals surface area contributed by atoms with Crippen LogP contribution in [-0.4, -0.2) is 70.3 Å². The van der Waals surface area contributed by atoms with E-state index in [1.807, 2.05) is 74.2 Å². The Morgan fingerprint density at radius 3 is 2.59 bits per heavy atom. The molecule has 3 atom stereocenters. The van der Waals surface area contributed by atoms with Crippen LogP contribution in [0.25, 0.3) is 11.0 Å². The number of hydrogen-bond donors (Lipinski definition) is 2. The summed E-state index contributed by atoms with van der Waals surface area (Å²) < 4.78 is 10.9. The van der Waals surface area contributed by atoms with Gasteiger partial charge in [-0.05, 0) is 63.4 Å². The molecule has 3 aromatic rings. The predicted molar refractivity (Wildman–Crippen MR) is 140 cm³/mol. The van der Waals surface area contributed by atoms with Crippen LogP contribution in [0.3, 0.4) is 0 Å². The molecule has 0 spiro atoms. The monoisotopic (exact) mass is 505 g/mol. The highest BCUT2D eigenvalue weighted by Gasteiger charge is 2.46. The number of rotatable bonds is 5. The van der Waals surface area contributed by atoms with E-state index in [-0.39, 0.29) is 30.1 Å². The number of nitrogens with one attached hydrogen (secondary N) is 2. The van der Waals surface area contributed by atoms with Crippen LogP contribution in [-0.2, 0) is 11.2 Å². The Labute approximate surface area is 217 Å². The number of likely N-dealkylation sites (tertiary alicyclic amines) is 2. The molecule has 3 heterocycles. The van der Waals surface area contributed by atoms with Crippen LogP contribution < -0.4 is 10.1 Å². The SMILES string of the molecule is COc1ccc(C[C@@H](NC(=O)N2CCC3CN(C(=O)OC(C)(C)C)CC32)c2nc3ccccc3[nH]2)cc1. The van der Waals surface area contributed by atoms with Crippen molar-refractivity contribution in [3.8, 4) is 5.75 Å². The lowest BCUT2D eigenvalue weighted by atomic mass is 10.0. The molecule has 2 unspecified atom stereocenters. The molecule has 2 aliphatic heterocycles. The number of amides is 3. The van der Waals surface area contributed by atoms with Crippen molar-refractivity contribution in [1.29, 1.82) is 0 Å². The number of urea groups is 1. The molecule has 0 aliphatic carbocycles. The van der Waals surface area contributed by atoms with Gasteiger partial charge in [0.2, 0.25) is 0 Å². The Bertz CT molecular complexity index is 1230. The van der Waals surface area contributed by atoms with Gasteiger partial charge in [-0.15, -0.1) is 0 Å². The molecule has 3 amide bonds. The number of fused-ring (bicyclic) bond motifs is 2. The van der Waals surface area contributed by atoms with E-state index in [4.69, 9.17) is 14.5 Å². The number of aromatic nitrogens is 2. The lowest BCUT2D eigenvalue weighted by Gasteiger charge is -2.28. The molecule has 2 N–H and O–H groups in total. The molecule has 2 aliphatic rings. The smallest absolute Gasteiger partial charge is 0.410 e. The van der Waals surface area contributed by atoms with Crippen molar-refractivity contribution < 1.29 is 19.1 Å². The molecule has 2 fully saturated rings. The van der Waals surface area contributed by atoms with Crippen molar-refractivity contribution in [2.45, 2.75) is 51.3 Å². The van der Waals surface area contributed by atoms with Gasteiger partial charge in [0.1, 0.15) is 17.2 Å². The van der Waals surface area contributed by atoms with Gasteiger partial charge in [0.15, 0.2) is 0 Å². The first kappa shape index (κ1) is 24.9. The zero-order valence-corrected chi connectivity index (χ0v) is 21.9. The van der Waals surface area contributed by atoms with E-state index < -0.39 is 5.60 Å². The van der Waals surface area contributed by atoms with Crippen LogP contribution >= 0.6 is 0 Å². The van der Waals surface area contributed by atoms with Gasteiger partial charge >= 0.3 is 12.1 Å². The van der Waals surface area contributed by atoms with Gasteiger partial charge in [-0.3, -0.25) is 0 Å². The first-order valence-corrected chi connectivity index (χ1v) is 12.8. The van der Waals surface area contributed by atoms with Crippen LogP contribution in [0.2, 0.25) is 0 Å². The molecule has 1 aromatic heterocycles. The second kappa shape index (κ2) is 9.95. The number of aromatic amines is 1. The number of methoxy groups -OCH3 is 1. The molecule has 9 heteroatoms. The summed E-state index contributed by atoms with van der Waals surface area (Å²) in [7, 11) is 1.64. The number of ether oxygens (including phenoxy) is 2. The Balaban J connectivity index is 1.33. The molecule has 5 rings (SSSR count). The standard InChI is InChI=1S/C28H35N5O4/c1-28(2,3)37-27(35)32-16-19-13-14-33(24(19)17-32)26(34)31-23(15-18-9-11-20(36-4)12-10-18)25-29-21-7-5-6-8-22(21)30-25/h5-12,19,23-24H,13-17H2,1-4H3,(H,29,30)(H,31,34)/t19?,23-,24?/m1/s1. The van der Waals surface area contributed by atoms with Gasteiger partial charge in [0.05, 0.1) is 30.2 Å². The minimum atomic E-state index is -0.549. The van der Waals surface area contributed by atoms with Gasteiger partial charge in [-0.2, -0.15) is 0 Å². The van der Waals surface area contributed by atoms with E-state index in [1.54, 1.807) is 12.0 Å². The zero-order chi connectivity index (χ0) is 26.2. The minimum Gasteiger partial charge on any atom is -0.497 e. The molecule has 0 saturated carbocycles. The van der Waals surface area contributed by atoms with Gasteiger partial charge in [-0.1, -0.05) is 24.3 Å². The highest BCUT2D eigenvalue weighted by molar-refractivity contribution is 5.77. The molecule has 0 radical (unpaired) electrons. The van der Waals surface area contributed by atoms with Crippen LogP contribution in [0.15, 0.2) is 48.5 Å². The molecule has 37 heavy (non-hydrogen) atoms. The fourth-order valence-corrected chi connectivity index (χ4v) is 5.27. The molecule has 2 aromatic carbocycles. The molecular formula is C28H35N5O4. The molecule has 0 bridgehead atoms. The maximum absolute atomic E-state index is 13.6. The number of H-pyrrole nitrogens is 1. The summed E-state index contributed by atoms with van der Waals surface area (Å²) >= 11 is 0. The summed E-state index contributed by atoms with van der Waals surface area (Å²) in [6, 6.07) is 15.2. The van der Waals surface area contributed by atoms with E-state index in [9.17, 15) is 9.59 Å². The maximum atomic E-state index is 13.6. The Morgan fingerprint density at radius 2 is 1.89 bits per heavy atom. The number of imidazole rings is 1. The minimum absolute atomic E-state index is 0.0233. The van der Waals surface area contributed by atoms with Crippen LogP contribution in [0.5, 0.6) is 5.75 Å². The normalized spacial score (nSPS) is 20.1. The third-order valence-corrected chi connectivity index (χ3v) is 7.09. The average Bonchev–Trinajstić information content (AvgIpc) is 3.57. The van der Waals surface area contributed by atoms with E-state index in [0.29, 0.717) is 31.9 Å². The van der Waals surface area contributed by atoms with E-state index >= 15 is 0 Å². The van der Waals surface area contributed by atoms with E-state index in [0.717, 1.165) is 28.8 Å². The molecule has 2 saturated heterocycles. The third kappa shape index (κ3) is 5.50. The van der Waals surface area contributed by atoms with Gasteiger partial charge < -0.3 is 29.6 Å². The van der Waals surface area contributed by atoms with Crippen LogP contribution in [0.4, 0.5) is 9.59 Å². The summed E-state index contributed by atoms with van der Waals surface area (Å²) in [5, 5.41) is 3.24. The van der Waals surface area contributed by atoms with Gasteiger partial charge in [0, 0.05) is 25.6 Å².